The van der Waals surface area contributed by atoms with Crippen molar-refractivity contribution < 1.29 is 14.3 Å². The second-order valence-electron chi connectivity index (χ2n) is 7.70. The average Bonchev–Trinajstić information content (AvgIpc) is 3.13. The Hall–Kier alpha value is -2.48. The number of aryl methyl sites for hydroxylation is 2. The van der Waals surface area contributed by atoms with Crippen molar-refractivity contribution in [1.29, 1.82) is 0 Å². The van der Waals surface area contributed by atoms with Crippen molar-refractivity contribution in [2.24, 2.45) is 0 Å². The van der Waals surface area contributed by atoms with Gasteiger partial charge in [-0.2, -0.15) is 0 Å². The number of carbonyl (C=O) groups is 1. The number of carbonyl (C=O) groups excluding carboxylic acids is 1. The summed E-state index contributed by atoms with van der Waals surface area (Å²) in [6.45, 7) is 10.4. The molecule has 0 aliphatic carbocycles. The minimum Gasteiger partial charge on any atom is -0.483 e. The third-order valence-electron chi connectivity index (χ3n) is 5.43. The summed E-state index contributed by atoms with van der Waals surface area (Å²) in [5, 5.41) is 3.47. The zero-order valence-electron chi connectivity index (χ0n) is 17.7. The molecule has 1 aliphatic heterocycles. The van der Waals surface area contributed by atoms with Crippen molar-refractivity contribution in [3.05, 3.63) is 52.6 Å². The fourth-order valence-electron chi connectivity index (χ4n) is 3.58. The summed E-state index contributed by atoms with van der Waals surface area (Å²) < 4.78 is 12.3. The number of aromatic nitrogens is 1. The van der Waals surface area contributed by atoms with Gasteiger partial charge < -0.3 is 9.47 Å². The van der Waals surface area contributed by atoms with Crippen molar-refractivity contribution in [2.45, 2.75) is 27.3 Å². The molecule has 2 aromatic carbocycles. The molecular weight excluding hydrogens is 398 g/mol. The molecule has 4 rings (SSSR count). The number of anilines is 1. The predicted molar refractivity (Wildman–Crippen MR) is 120 cm³/mol. The van der Waals surface area contributed by atoms with Gasteiger partial charge in [-0.1, -0.05) is 29.5 Å². The van der Waals surface area contributed by atoms with Gasteiger partial charge in [0.1, 0.15) is 5.75 Å². The van der Waals surface area contributed by atoms with Crippen LogP contribution in [-0.2, 0) is 16.1 Å². The number of morpholine rings is 1. The van der Waals surface area contributed by atoms with E-state index in [0.717, 1.165) is 65.5 Å². The highest BCUT2D eigenvalue weighted by Crippen LogP contribution is 2.28. The first-order valence-electron chi connectivity index (χ1n) is 10.2. The van der Waals surface area contributed by atoms with Crippen molar-refractivity contribution in [1.82, 2.24) is 9.88 Å². The quantitative estimate of drug-likeness (QED) is 0.645. The monoisotopic (exact) mass is 425 g/mol. The number of hydrogen-bond acceptors (Lipinski definition) is 6. The molecule has 6 nitrogen and oxygen atoms in total. The maximum Gasteiger partial charge on any atom is 0.264 e. The minimum atomic E-state index is -0.206. The Kier molecular flexibility index (Phi) is 6.32. The van der Waals surface area contributed by atoms with E-state index in [0.29, 0.717) is 5.13 Å². The first-order valence-corrected chi connectivity index (χ1v) is 11.0. The van der Waals surface area contributed by atoms with Gasteiger partial charge in [-0.25, -0.2) is 4.98 Å². The van der Waals surface area contributed by atoms with Crippen LogP contribution >= 0.6 is 11.3 Å². The number of hydrogen-bond donors (Lipinski definition) is 1. The lowest BCUT2D eigenvalue weighted by Crippen LogP contribution is -2.35. The molecule has 1 aromatic heterocycles. The molecule has 1 amide bonds. The van der Waals surface area contributed by atoms with E-state index in [1.807, 2.05) is 32.9 Å². The predicted octanol–water partition coefficient (Wildman–Crippen LogP) is 4.07. The zero-order chi connectivity index (χ0) is 21.1. The highest BCUT2D eigenvalue weighted by Gasteiger charge is 2.14. The molecule has 1 saturated heterocycles. The number of nitrogens with one attached hydrogen (secondary N) is 1. The molecule has 158 valence electrons. The molecule has 0 bridgehead atoms. The Labute approximate surface area is 180 Å². The molecule has 30 heavy (non-hydrogen) atoms. The maximum absolute atomic E-state index is 12.4. The van der Waals surface area contributed by atoms with Gasteiger partial charge in [-0.3, -0.25) is 15.0 Å². The third-order valence-corrected chi connectivity index (χ3v) is 6.36. The van der Waals surface area contributed by atoms with E-state index in [9.17, 15) is 4.79 Å². The Morgan fingerprint density at radius 3 is 2.73 bits per heavy atom. The molecule has 0 radical (unpaired) electrons. The number of thiazole rings is 1. The molecule has 0 spiro atoms. The van der Waals surface area contributed by atoms with E-state index in [-0.39, 0.29) is 12.5 Å². The standard InChI is InChI=1S/C23H27N3O3S/c1-15-4-5-16(2)22(17(15)3)29-14-21(27)25-23-24-19-7-6-18(12-20(19)30-23)13-26-8-10-28-11-9-26/h4-7,12H,8-11,13-14H2,1-3H3,(H,24,25,27). The Morgan fingerprint density at radius 1 is 1.17 bits per heavy atom. The lowest BCUT2D eigenvalue weighted by atomic mass is 10.1. The molecule has 2 heterocycles. The maximum atomic E-state index is 12.4. The topological polar surface area (TPSA) is 63.7 Å². The van der Waals surface area contributed by atoms with E-state index in [4.69, 9.17) is 9.47 Å². The number of ether oxygens (including phenoxy) is 2. The number of rotatable bonds is 6. The summed E-state index contributed by atoms with van der Waals surface area (Å²) in [4.78, 5) is 19.3. The molecule has 7 heteroatoms. The van der Waals surface area contributed by atoms with Crippen molar-refractivity contribution in [3.8, 4) is 5.75 Å². The Bertz CT molecular complexity index is 1060. The number of fused-ring (bicyclic) bond motifs is 1. The second-order valence-corrected chi connectivity index (χ2v) is 8.73. The van der Waals surface area contributed by atoms with Crippen LogP contribution in [0, 0.1) is 20.8 Å². The second kappa shape index (κ2) is 9.12. The molecule has 1 N–H and O–H groups in total. The van der Waals surface area contributed by atoms with Crippen LogP contribution in [-0.4, -0.2) is 48.7 Å². The number of nitrogens with zero attached hydrogens (tertiary/aromatic N) is 2. The summed E-state index contributed by atoms with van der Waals surface area (Å²) >= 11 is 1.49. The number of amides is 1. The molecule has 1 fully saturated rings. The van der Waals surface area contributed by atoms with Crippen molar-refractivity contribution >= 4 is 32.6 Å². The first-order chi connectivity index (χ1) is 14.5. The van der Waals surface area contributed by atoms with Gasteiger partial charge in [0.2, 0.25) is 0 Å². The smallest absolute Gasteiger partial charge is 0.264 e. The largest absolute Gasteiger partial charge is 0.483 e. The van der Waals surface area contributed by atoms with Gasteiger partial charge in [-0.15, -0.1) is 0 Å². The molecule has 0 saturated carbocycles. The van der Waals surface area contributed by atoms with Crippen LogP contribution in [0.3, 0.4) is 0 Å². The van der Waals surface area contributed by atoms with Crippen LogP contribution in [0.5, 0.6) is 5.75 Å². The Morgan fingerprint density at radius 2 is 1.93 bits per heavy atom. The minimum absolute atomic E-state index is 0.0384. The van der Waals surface area contributed by atoms with Crippen LogP contribution in [0.2, 0.25) is 0 Å². The first kappa shape index (κ1) is 20.8. The lowest BCUT2D eigenvalue weighted by Gasteiger charge is -2.26. The fraction of sp³-hybridized carbons (Fsp3) is 0.391. The fourth-order valence-corrected chi connectivity index (χ4v) is 4.52. The van der Waals surface area contributed by atoms with Crippen LogP contribution in [0.4, 0.5) is 5.13 Å². The SMILES string of the molecule is Cc1ccc(C)c(OCC(=O)Nc2nc3ccc(CN4CCOCC4)cc3s2)c1C. The summed E-state index contributed by atoms with van der Waals surface area (Å²) in [5.41, 5.74) is 5.39. The van der Waals surface area contributed by atoms with Crippen LogP contribution in [0.15, 0.2) is 30.3 Å². The molecule has 1 aliphatic rings. The summed E-state index contributed by atoms with van der Waals surface area (Å²) in [7, 11) is 0. The summed E-state index contributed by atoms with van der Waals surface area (Å²) in [5.74, 6) is 0.574. The third kappa shape index (κ3) is 4.80. The van der Waals surface area contributed by atoms with E-state index >= 15 is 0 Å². The van der Waals surface area contributed by atoms with Gasteiger partial charge in [0.05, 0.1) is 23.4 Å². The van der Waals surface area contributed by atoms with Gasteiger partial charge in [0, 0.05) is 19.6 Å². The molecule has 0 unspecified atom stereocenters. The highest BCUT2D eigenvalue weighted by atomic mass is 32.1. The van der Waals surface area contributed by atoms with Crippen molar-refractivity contribution in [3.63, 3.8) is 0 Å². The van der Waals surface area contributed by atoms with Gasteiger partial charge >= 0.3 is 0 Å². The van der Waals surface area contributed by atoms with Gasteiger partial charge in [0.15, 0.2) is 11.7 Å². The van der Waals surface area contributed by atoms with Crippen molar-refractivity contribution in [2.75, 3.05) is 38.2 Å². The zero-order valence-corrected chi connectivity index (χ0v) is 18.5. The van der Waals surface area contributed by atoms with Crippen LogP contribution in [0.25, 0.3) is 10.2 Å². The molecular formula is C23H27N3O3S. The number of benzene rings is 2. The summed E-state index contributed by atoms with van der Waals surface area (Å²) in [6.07, 6.45) is 0. The molecule has 3 aromatic rings. The van der Waals surface area contributed by atoms with Gasteiger partial charge in [0.25, 0.3) is 5.91 Å². The van der Waals surface area contributed by atoms with E-state index in [2.05, 4.69) is 33.4 Å². The highest BCUT2D eigenvalue weighted by molar-refractivity contribution is 7.22. The molecule has 0 atom stereocenters. The lowest BCUT2D eigenvalue weighted by molar-refractivity contribution is -0.118. The summed E-state index contributed by atoms with van der Waals surface area (Å²) in [6, 6.07) is 10.4. The average molecular weight is 426 g/mol. The van der Waals surface area contributed by atoms with Gasteiger partial charge in [-0.05, 0) is 55.2 Å². The van der Waals surface area contributed by atoms with E-state index in [1.165, 1.54) is 16.9 Å². The van der Waals surface area contributed by atoms with E-state index < -0.39 is 0 Å². The normalized spacial score (nSPS) is 14.8. The van der Waals surface area contributed by atoms with Crippen LogP contribution < -0.4 is 10.1 Å². The van der Waals surface area contributed by atoms with E-state index in [1.54, 1.807) is 0 Å². The Balaban J connectivity index is 1.38. The van der Waals surface area contributed by atoms with Crippen LogP contribution in [0.1, 0.15) is 22.3 Å².